The van der Waals surface area contributed by atoms with E-state index < -0.39 is 0 Å². The van der Waals surface area contributed by atoms with Crippen molar-refractivity contribution in [1.82, 2.24) is 14.5 Å². The SMILES string of the molecule is CC(=O)OCc1csc(-c2nc3n(c2-c2ccncc2)CCC3)c1. The summed E-state index contributed by atoms with van der Waals surface area (Å²) in [5.74, 6) is 0.882. The summed E-state index contributed by atoms with van der Waals surface area (Å²) in [6.45, 7) is 2.74. The van der Waals surface area contributed by atoms with Gasteiger partial charge in [-0.1, -0.05) is 0 Å². The van der Waals surface area contributed by atoms with Crippen molar-refractivity contribution >= 4 is 17.3 Å². The average molecular weight is 339 g/mol. The Morgan fingerprint density at radius 2 is 2.21 bits per heavy atom. The molecule has 1 aliphatic rings. The molecule has 0 saturated heterocycles. The first-order valence-corrected chi connectivity index (χ1v) is 8.81. The first kappa shape index (κ1) is 15.1. The molecule has 122 valence electrons. The van der Waals surface area contributed by atoms with Crippen LogP contribution >= 0.6 is 11.3 Å². The molecule has 0 radical (unpaired) electrons. The molecular weight excluding hydrogens is 322 g/mol. The third-order valence-electron chi connectivity index (χ3n) is 4.11. The molecule has 6 heteroatoms. The van der Waals surface area contributed by atoms with Gasteiger partial charge < -0.3 is 9.30 Å². The van der Waals surface area contributed by atoms with E-state index in [1.807, 2.05) is 29.9 Å². The van der Waals surface area contributed by atoms with Gasteiger partial charge in [-0.2, -0.15) is 0 Å². The van der Waals surface area contributed by atoms with E-state index in [0.717, 1.165) is 52.6 Å². The van der Waals surface area contributed by atoms with Gasteiger partial charge in [-0.25, -0.2) is 4.98 Å². The number of carbonyl (C=O) groups is 1. The summed E-state index contributed by atoms with van der Waals surface area (Å²) in [4.78, 5) is 21.1. The van der Waals surface area contributed by atoms with E-state index in [1.54, 1.807) is 11.3 Å². The van der Waals surface area contributed by atoms with Crippen LogP contribution in [0.15, 0.2) is 36.0 Å². The van der Waals surface area contributed by atoms with Crippen LogP contribution in [0.2, 0.25) is 0 Å². The number of pyridine rings is 1. The lowest BCUT2D eigenvalue weighted by molar-refractivity contribution is -0.142. The molecule has 0 aliphatic carbocycles. The van der Waals surface area contributed by atoms with E-state index in [9.17, 15) is 4.79 Å². The van der Waals surface area contributed by atoms with Gasteiger partial charge in [-0.05, 0) is 30.0 Å². The van der Waals surface area contributed by atoms with Crippen molar-refractivity contribution < 1.29 is 9.53 Å². The smallest absolute Gasteiger partial charge is 0.302 e. The van der Waals surface area contributed by atoms with Gasteiger partial charge in [0.15, 0.2) is 0 Å². The monoisotopic (exact) mass is 339 g/mol. The van der Waals surface area contributed by atoms with Gasteiger partial charge in [0, 0.05) is 43.4 Å². The Kier molecular flexibility index (Phi) is 3.90. The van der Waals surface area contributed by atoms with E-state index >= 15 is 0 Å². The summed E-state index contributed by atoms with van der Waals surface area (Å²) in [5.41, 5.74) is 4.30. The van der Waals surface area contributed by atoms with E-state index in [-0.39, 0.29) is 5.97 Å². The molecule has 0 N–H and O–H groups in total. The van der Waals surface area contributed by atoms with Crippen LogP contribution in [-0.2, 0) is 29.1 Å². The number of hydrogen-bond donors (Lipinski definition) is 0. The Hall–Kier alpha value is -2.47. The number of rotatable bonds is 4. The fourth-order valence-electron chi connectivity index (χ4n) is 3.06. The minimum atomic E-state index is -0.263. The van der Waals surface area contributed by atoms with Crippen molar-refractivity contribution in [2.24, 2.45) is 0 Å². The molecule has 0 aromatic carbocycles. The second-order valence-electron chi connectivity index (χ2n) is 5.82. The van der Waals surface area contributed by atoms with E-state index in [1.165, 1.54) is 6.92 Å². The normalized spacial score (nSPS) is 13.0. The standard InChI is InChI=1S/C18H17N3O2S/c1-12(22)23-10-13-9-15(24-11-13)17-18(14-4-6-19-7-5-14)21-8-2-3-16(21)20-17/h4-7,9,11H,2-3,8,10H2,1H3. The van der Waals surface area contributed by atoms with Gasteiger partial charge in [-0.15, -0.1) is 11.3 Å². The van der Waals surface area contributed by atoms with Gasteiger partial charge in [0.05, 0.1) is 10.6 Å². The highest BCUT2D eigenvalue weighted by atomic mass is 32.1. The van der Waals surface area contributed by atoms with Crippen molar-refractivity contribution in [3.8, 4) is 21.8 Å². The van der Waals surface area contributed by atoms with E-state index in [2.05, 4.69) is 15.6 Å². The number of fused-ring (bicyclic) bond motifs is 1. The maximum Gasteiger partial charge on any atom is 0.302 e. The second-order valence-corrected chi connectivity index (χ2v) is 6.73. The number of aryl methyl sites for hydroxylation is 1. The maximum absolute atomic E-state index is 11.0. The first-order valence-electron chi connectivity index (χ1n) is 7.93. The van der Waals surface area contributed by atoms with Crippen molar-refractivity contribution in [3.63, 3.8) is 0 Å². The number of ether oxygens (including phenoxy) is 1. The Labute approximate surface area is 144 Å². The summed E-state index contributed by atoms with van der Waals surface area (Å²) >= 11 is 1.64. The first-order chi connectivity index (χ1) is 11.7. The molecule has 24 heavy (non-hydrogen) atoms. The van der Waals surface area contributed by atoms with Gasteiger partial charge >= 0.3 is 5.97 Å². The van der Waals surface area contributed by atoms with Gasteiger partial charge in [-0.3, -0.25) is 9.78 Å². The second kappa shape index (κ2) is 6.20. The summed E-state index contributed by atoms with van der Waals surface area (Å²) in [5, 5.41) is 2.03. The molecule has 0 unspecified atom stereocenters. The Balaban J connectivity index is 1.75. The number of thiophene rings is 1. The molecule has 0 spiro atoms. The quantitative estimate of drug-likeness (QED) is 0.680. The van der Waals surface area contributed by atoms with Crippen LogP contribution in [-0.4, -0.2) is 20.5 Å². The minimum Gasteiger partial charge on any atom is -0.461 e. The van der Waals surface area contributed by atoms with Crippen LogP contribution < -0.4 is 0 Å². The van der Waals surface area contributed by atoms with E-state index in [4.69, 9.17) is 9.72 Å². The van der Waals surface area contributed by atoms with Crippen LogP contribution in [0.3, 0.4) is 0 Å². The molecule has 0 saturated carbocycles. The number of imidazole rings is 1. The van der Waals surface area contributed by atoms with Gasteiger partial charge in [0.1, 0.15) is 18.1 Å². The lowest BCUT2D eigenvalue weighted by Gasteiger charge is -2.07. The predicted octanol–water partition coefficient (Wildman–Crippen LogP) is 3.68. The Morgan fingerprint density at radius 1 is 1.38 bits per heavy atom. The number of esters is 1. The van der Waals surface area contributed by atoms with E-state index in [0.29, 0.717) is 6.61 Å². The zero-order valence-corrected chi connectivity index (χ0v) is 14.2. The molecule has 0 bridgehead atoms. The molecule has 0 fully saturated rings. The fourth-order valence-corrected chi connectivity index (χ4v) is 3.95. The van der Waals surface area contributed by atoms with Crippen LogP contribution in [0.4, 0.5) is 0 Å². The number of nitrogens with zero attached hydrogens (tertiary/aromatic N) is 3. The zero-order valence-electron chi connectivity index (χ0n) is 13.4. The third-order valence-corrected chi connectivity index (χ3v) is 5.10. The number of aromatic nitrogens is 3. The van der Waals surface area contributed by atoms with Crippen molar-refractivity contribution in [3.05, 3.63) is 47.4 Å². The zero-order chi connectivity index (χ0) is 16.5. The lowest BCUT2D eigenvalue weighted by Crippen LogP contribution is -1.97. The van der Waals surface area contributed by atoms with Gasteiger partial charge in [0.2, 0.25) is 0 Å². The summed E-state index contributed by atoms with van der Waals surface area (Å²) in [6, 6.07) is 6.12. The maximum atomic E-state index is 11.0. The molecule has 0 amide bonds. The molecule has 3 aromatic heterocycles. The summed E-state index contributed by atoms with van der Waals surface area (Å²) in [6.07, 6.45) is 5.79. The van der Waals surface area contributed by atoms with Gasteiger partial charge in [0.25, 0.3) is 0 Å². The number of carbonyl (C=O) groups excluding carboxylic acids is 1. The largest absolute Gasteiger partial charge is 0.461 e. The minimum absolute atomic E-state index is 0.263. The van der Waals surface area contributed by atoms with Crippen LogP contribution in [0.5, 0.6) is 0 Å². The topological polar surface area (TPSA) is 57.0 Å². The third kappa shape index (κ3) is 2.73. The summed E-state index contributed by atoms with van der Waals surface area (Å²) < 4.78 is 7.40. The predicted molar refractivity (Wildman–Crippen MR) is 92.6 cm³/mol. The average Bonchev–Trinajstić information content (AvgIpc) is 3.28. The number of hydrogen-bond acceptors (Lipinski definition) is 5. The molecule has 0 atom stereocenters. The van der Waals surface area contributed by atoms with Crippen LogP contribution in [0.1, 0.15) is 24.7 Å². The highest BCUT2D eigenvalue weighted by Crippen LogP contribution is 2.38. The molecule has 3 aromatic rings. The molecule has 4 rings (SSSR count). The summed E-state index contributed by atoms with van der Waals surface area (Å²) in [7, 11) is 0. The molecule has 5 nitrogen and oxygen atoms in total. The fraction of sp³-hybridized carbons (Fsp3) is 0.278. The highest BCUT2D eigenvalue weighted by Gasteiger charge is 2.23. The lowest BCUT2D eigenvalue weighted by atomic mass is 10.1. The van der Waals surface area contributed by atoms with Crippen LogP contribution in [0, 0.1) is 0 Å². The Bertz CT molecular complexity index is 883. The molecule has 4 heterocycles. The molecule has 1 aliphatic heterocycles. The van der Waals surface area contributed by atoms with Crippen molar-refractivity contribution in [1.29, 1.82) is 0 Å². The van der Waals surface area contributed by atoms with Crippen molar-refractivity contribution in [2.75, 3.05) is 0 Å². The highest BCUT2D eigenvalue weighted by molar-refractivity contribution is 7.13. The molecular formula is C18H17N3O2S. The van der Waals surface area contributed by atoms with Crippen molar-refractivity contribution in [2.45, 2.75) is 32.9 Å². The Morgan fingerprint density at radius 3 is 3.00 bits per heavy atom. The van der Waals surface area contributed by atoms with Crippen LogP contribution in [0.25, 0.3) is 21.8 Å².